The molecule has 2 atom stereocenters. The van der Waals surface area contributed by atoms with Crippen LogP contribution in [0.15, 0.2) is 43.0 Å². The molecule has 1 aromatic carbocycles. The zero-order valence-corrected chi connectivity index (χ0v) is 10.5. The van der Waals surface area contributed by atoms with Crippen molar-refractivity contribution >= 4 is 5.91 Å². The van der Waals surface area contributed by atoms with Crippen molar-refractivity contribution in [1.82, 2.24) is 4.90 Å². The topological polar surface area (TPSA) is 40.5 Å². The van der Waals surface area contributed by atoms with Crippen LogP contribution >= 0.6 is 0 Å². The van der Waals surface area contributed by atoms with Gasteiger partial charge in [-0.05, 0) is 18.4 Å². The average Bonchev–Trinajstić information content (AvgIpc) is 2.75. The lowest BCUT2D eigenvalue weighted by Gasteiger charge is -2.27. The molecule has 1 aromatic rings. The standard InChI is InChI=1S/C15H19NO2/c1-2-6-13-9-10-16(15(13)18)14(11-17)12-7-4-3-5-8-12/h2-5,7-8,13-14,17H,1,6,9-11H2/t13?,14-/m0/s1. The predicted molar refractivity (Wildman–Crippen MR) is 70.9 cm³/mol. The third-order valence-electron chi connectivity index (χ3n) is 3.54. The Hall–Kier alpha value is -1.61. The second-order valence-electron chi connectivity index (χ2n) is 4.65. The Bertz CT molecular complexity index is 416. The van der Waals surface area contributed by atoms with Crippen LogP contribution in [0.1, 0.15) is 24.4 Å². The van der Waals surface area contributed by atoms with Gasteiger partial charge in [-0.2, -0.15) is 0 Å². The Morgan fingerprint density at radius 3 is 2.78 bits per heavy atom. The van der Waals surface area contributed by atoms with Gasteiger partial charge >= 0.3 is 0 Å². The van der Waals surface area contributed by atoms with Crippen LogP contribution in [0.3, 0.4) is 0 Å². The molecule has 1 unspecified atom stereocenters. The Kier molecular flexibility index (Phi) is 4.15. The molecular formula is C15H19NO2. The average molecular weight is 245 g/mol. The molecule has 1 aliphatic rings. The minimum atomic E-state index is -0.214. The highest BCUT2D eigenvalue weighted by Gasteiger charge is 2.35. The summed E-state index contributed by atoms with van der Waals surface area (Å²) in [7, 11) is 0. The van der Waals surface area contributed by atoms with Crippen LogP contribution in [0.2, 0.25) is 0 Å². The molecule has 96 valence electrons. The van der Waals surface area contributed by atoms with E-state index in [9.17, 15) is 9.90 Å². The van der Waals surface area contributed by atoms with Gasteiger partial charge in [-0.1, -0.05) is 36.4 Å². The second-order valence-corrected chi connectivity index (χ2v) is 4.65. The molecule has 2 rings (SSSR count). The maximum atomic E-state index is 12.2. The first kappa shape index (κ1) is 12.8. The van der Waals surface area contributed by atoms with Crippen LogP contribution in [0.4, 0.5) is 0 Å². The summed E-state index contributed by atoms with van der Waals surface area (Å²) in [6.45, 7) is 4.38. The highest BCUT2D eigenvalue weighted by molar-refractivity contribution is 5.81. The number of amides is 1. The lowest BCUT2D eigenvalue weighted by Crippen LogP contribution is -2.33. The molecule has 3 heteroatoms. The number of benzene rings is 1. The van der Waals surface area contributed by atoms with Gasteiger partial charge in [0.1, 0.15) is 0 Å². The maximum absolute atomic E-state index is 12.2. The summed E-state index contributed by atoms with van der Waals surface area (Å²) in [6.07, 6.45) is 3.37. The normalized spacial score (nSPS) is 21.1. The molecular weight excluding hydrogens is 226 g/mol. The van der Waals surface area contributed by atoms with E-state index in [4.69, 9.17) is 0 Å². The second kappa shape index (κ2) is 5.83. The van der Waals surface area contributed by atoms with Crippen LogP contribution in [0.5, 0.6) is 0 Å². The van der Waals surface area contributed by atoms with E-state index in [2.05, 4.69) is 6.58 Å². The van der Waals surface area contributed by atoms with Crippen molar-refractivity contribution in [3.63, 3.8) is 0 Å². The Morgan fingerprint density at radius 1 is 1.44 bits per heavy atom. The van der Waals surface area contributed by atoms with Gasteiger partial charge in [-0.25, -0.2) is 0 Å². The summed E-state index contributed by atoms with van der Waals surface area (Å²) in [5, 5.41) is 9.56. The number of rotatable bonds is 5. The zero-order valence-electron chi connectivity index (χ0n) is 10.5. The Balaban J connectivity index is 2.15. The molecule has 0 saturated carbocycles. The first-order valence-corrected chi connectivity index (χ1v) is 6.35. The van der Waals surface area contributed by atoms with Crippen LogP contribution in [0.25, 0.3) is 0 Å². The zero-order chi connectivity index (χ0) is 13.0. The van der Waals surface area contributed by atoms with Crippen LogP contribution in [-0.4, -0.2) is 29.1 Å². The number of carbonyl (C=O) groups is 1. The number of aliphatic hydroxyl groups is 1. The van der Waals surface area contributed by atoms with Gasteiger partial charge in [0.2, 0.25) is 5.91 Å². The molecule has 0 aliphatic carbocycles. The summed E-state index contributed by atoms with van der Waals surface area (Å²) in [4.78, 5) is 14.0. The number of hydrogen-bond acceptors (Lipinski definition) is 2. The van der Waals surface area contributed by atoms with E-state index in [1.165, 1.54) is 0 Å². The highest BCUT2D eigenvalue weighted by atomic mass is 16.3. The minimum absolute atomic E-state index is 0.0312. The van der Waals surface area contributed by atoms with Gasteiger partial charge in [0.25, 0.3) is 0 Å². The summed E-state index contributed by atoms with van der Waals surface area (Å²) in [6, 6.07) is 9.49. The molecule has 1 fully saturated rings. The smallest absolute Gasteiger partial charge is 0.226 e. The summed E-state index contributed by atoms with van der Waals surface area (Å²) in [5.74, 6) is 0.179. The van der Waals surface area contributed by atoms with Crippen molar-refractivity contribution in [2.75, 3.05) is 13.2 Å². The summed E-state index contributed by atoms with van der Waals surface area (Å²) in [5.41, 5.74) is 0.993. The van der Waals surface area contributed by atoms with Gasteiger partial charge < -0.3 is 10.0 Å². The van der Waals surface area contributed by atoms with E-state index in [0.29, 0.717) is 0 Å². The lowest BCUT2D eigenvalue weighted by molar-refractivity contribution is -0.133. The van der Waals surface area contributed by atoms with E-state index in [0.717, 1.165) is 24.9 Å². The van der Waals surface area contributed by atoms with E-state index in [1.54, 1.807) is 11.0 Å². The number of likely N-dealkylation sites (tertiary alicyclic amines) is 1. The molecule has 1 saturated heterocycles. The van der Waals surface area contributed by atoms with Crippen molar-refractivity contribution in [2.24, 2.45) is 5.92 Å². The van der Waals surface area contributed by atoms with Gasteiger partial charge in [-0.3, -0.25) is 4.79 Å². The SMILES string of the molecule is C=CCC1CCN([C@@H](CO)c2ccccc2)C1=O. The largest absolute Gasteiger partial charge is 0.394 e. The number of aliphatic hydroxyl groups excluding tert-OH is 1. The Labute approximate surface area is 108 Å². The van der Waals surface area contributed by atoms with Crippen molar-refractivity contribution in [3.05, 3.63) is 48.6 Å². The van der Waals surface area contributed by atoms with Crippen molar-refractivity contribution in [2.45, 2.75) is 18.9 Å². The number of hydrogen-bond donors (Lipinski definition) is 1. The Morgan fingerprint density at radius 2 is 2.17 bits per heavy atom. The first-order chi connectivity index (χ1) is 8.77. The third-order valence-corrected chi connectivity index (χ3v) is 3.54. The van der Waals surface area contributed by atoms with Gasteiger partial charge in [0.05, 0.1) is 12.6 Å². The molecule has 0 radical (unpaired) electrons. The molecule has 1 amide bonds. The van der Waals surface area contributed by atoms with Gasteiger partial charge in [0, 0.05) is 12.5 Å². The first-order valence-electron chi connectivity index (χ1n) is 6.35. The fourth-order valence-electron chi connectivity index (χ4n) is 2.55. The summed E-state index contributed by atoms with van der Waals surface area (Å²) < 4.78 is 0. The fourth-order valence-corrected chi connectivity index (χ4v) is 2.55. The monoisotopic (exact) mass is 245 g/mol. The van der Waals surface area contributed by atoms with Crippen molar-refractivity contribution < 1.29 is 9.90 Å². The highest BCUT2D eigenvalue weighted by Crippen LogP contribution is 2.30. The molecule has 3 nitrogen and oxygen atoms in total. The maximum Gasteiger partial charge on any atom is 0.226 e. The summed E-state index contributed by atoms with van der Waals surface area (Å²) >= 11 is 0. The molecule has 1 heterocycles. The number of nitrogens with zero attached hydrogens (tertiary/aromatic N) is 1. The van der Waals surface area contributed by atoms with E-state index < -0.39 is 0 Å². The van der Waals surface area contributed by atoms with E-state index >= 15 is 0 Å². The lowest BCUT2D eigenvalue weighted by atomic mass is 10.0. The molecule has 18 heavy (non-hydrogen) atoms. The van der Waals surface area contributed by atoms with Crippen LogP contribution in [0, 0.1) is 5.92 Å². The number of carbonyl (C=O) groups excluding carboxylic acids is 1. The molecule has 1 N–H and O–H groups in total. The van der Waals surface area contributed by atoms with Gasteiger partial charge in [-0.15, -0.1) is 6.58 Å². The minimum Gasteiger partial charge on any atom is -0.394 e. The van der Waals surface area contributed by atoms with Gasteiger partial charge in [0.15, 0.2) is 0 Å². The quantitative estimate of drug-likeness (QED) is 0.807. The van der Waals surface area contributed by atoms with E-state index in [-0.39, 0.29) is 24.5 Å². The van der Waals surface area contributed by atoms with Crippen LogP contribution in [-0.2, 0) is 4.79 Å². The van der Waals surface area contributed by atoms with Crippen molar-refractivity contribution in [3.8, 4) is 0 Å². The molecule has 0 spiro atoms. The predicted octanol–water partition coefficient (Wildman–Crippen LogP) is 2.14. The van der Waals surface area contributed by atoms with E-state index in [1.807, 2.05) is 30.3 Å². The van der Waals surface area contributed by atoms with Crippen LogP contribution < -0.4 is 0 Å². The molecule has 1 aliphatic heterocycles. The molecule has 0 aromatic heterocycles. The third kappa shape index (κ3) is 2.46. The molecule has 0 bridgehead atoms. The fraction of sp³-hybridized carbons (Fsp3) is 0.400. The van der Waals surface area contributed by atoms with Crippen molar-refractivity contribution in [1.29, 1.82) is 0 Å². The number of allylic oxidation sites excluding steroid dienone is 1.